The molecule has 124 valence electrons. The van der Waals surface area contributed by atoms with Gasteiger partial charge in [0.2, 0.25) is 5.91 Å². The largest absolute Gasteiger partial charge is 0.347 e. The molecule has 0 aliphatic rings. The fraction of sp³-hybridized carbons (Fsp3) is 0.400. The minimum absolute atomic E-state index is 0.00934. The van der Waals surface area contributed by atoms with Crippen molar-refractivity contribution < 1.29 is 9.18 Å². The van der Waals surface area contributed by atoms with Gasteiger partial charge < -0.3 is 4.90 Å². The zero-order valence-corrected chi connectivity index (χ0v) is 15.0. The third-order valence-electron chi connectivity index (χ3n) is 3.39. The number of hydrogen-bond acceptors (Lipinski definition) is 4. The van der Waals surface area contributed by atoms with Crippen LogP contribution in [0.3, 0.4) is 0 Å². The van der Waals surface area contributed by atoms with Crippen molar-refractivity contribution >= 4 is 29.3 Å². The SMILES string of the molecule is Cc1nnc(S[C@@H](C)c2ccc(F)c(Cl)c2)n1CC(=O)N(C)C. The van der Waals surface area contributed by atoms with Crippen LogP contribution in [0.5, 0.6) is 0 Å². The summed E-state index contributed by atoms with van der Waals surface area (Å²) >= 11 is 7.28. The standard InChI is InChI=1S/C15H18ClFN4OS/c1-9(11-5-6-13(17)12(16)7-11)23-15-19-18-10(2)21(15)8-14(22)20(3)4/h5-7,9H,8H2,1-4H3/t9-/m0/s1. The maximum absolute atomic E-state index is 13.3. The van der Waals surface area contributed by atoms with Gasteiger partial charge in [-0.15, -0.1) is 10.2 Å². The van der Waals surface area contributed by atoms with E-state index in [4.69, 9.17) is 11.6 Å². The summed E-state index contributed by atoms with van der Waals surface area (Å²) in [7, 11) is 3.41. The second kappa shape index (κ2) is 7.31. The topological polar surface area (TPSA) is 51.0 Å². The van der Waals surface area contributed by atoms with Crippen LogP contribution in [0.15, 0.2) is 23.4 Å². The molecule has 1 aromatic heterocycles. The first-order valence-electron chi connectivity index (χ1n) is 7.01. The Labute approximate surface area is 143 Å². The molecule has 5 nitrogen and oxygen atoms in total. The van der Waals surface area contributed by atoms with Crippen molar-refractivity contribution in [3.8, 4) is 0 Å². The Balaban J connectivity index is 2.19. The number of halogens is 2. The van der Waals surface area contributed by atoms with Crippen LogP contribution >= 0.6 is 23.4 Å². The van der Waals surface area contributed by atoms with Crippen LogP contribution in [-0.4, -0.2) is 39.7 Å². The summed E-state index contributed by atoms with van der Waals surface area (Å²) in [5.74, 6) is 0.197. The fourth-order valence-corrected chi connectivity index (χ4v) is 3.10. The molecule has 0 aliphatic carbocycles. The van der Waals surface area contributed by atoms with E-state index in [9.17, 15) is 9.18 Å². The molecule has 1 heterocycles. The highest BCUT2D eigenvalue weighted by Gasteiger charge is 2.18. The molecule has 1 atom stereocenters. The van der Waals surface area contributed by atoms with Crippen molar-refractivity contribution in [3.63, 3.8) is 0 Å². The summed E-state index contributed by atoms with van der Waals surface area (Å²) in [5.41, 5.74) is 0.882. The molecule has 0 spiro atoms. The predicted molar refractivity (Wildman–Crippen MR) is 89.1 cm³/mol. The van der Waals surface area contributed by atoms with E-state index in [2.05, 4.69) is 10.2 Å². The van der Waals surface area contributed by atoms with Gasteiger partial charge in [-0.05, 0) is 31.5 Å². The Hall–Kier alpha value is -1.60. The Morgan fingerprint density at radius 1 is 1.43 bits per heavy atom. The summed E-state index contributed by atoms with van der Waals surface area (Å²) in [5, 5.41) is 8.90. The van der Waals surface area contributed by atoms with E-state index in [-0.39, 0.29) is 22.7 Å². The molecular formula is C15H18ClFN4OS. The Kier molecular flexibility index (Phi) is 5.64. The molecule has 0 aliphatic heterocycles. The van der Waals surface area contributed by atoms with Gasteiger partial charge in [0, 0.05) is 19.3 Å². The third-order valence-corrected chi connectivity index (χ3v) is 4.82. The Morgan fingerprint density at radius 2 is 2.13 bits per heavy atom. The van der Waals surface area contributed by atoms with E-state index in [1.165, 1.54) is 22.7 Å². The summed E-state index contributed by atoms with van der Waals surface area (Å²) in [4.78, 5) is 13.5. The second-order valence-electron chi connectivity index (χ2n) is 5.34. The highest BCUT2D eigenvalue weighted by molar-refractivity contribution is 7.99. The molecule has 0 bridgehead atoms. The zero-order valence-electron chi connectivity index (χ0n) is 13.4. The lowest BCUT2D eigenvalue weighted by Crippen LogP contribution is -2.27. The average Bonchev–Trinajstić information content (AvgIpc) is 2.82. The lowest BCUT2D eigenvalue weighted by Gasteiger charge is -2.15. The van der Waals surface area contributed by atoms with E-state index < -0.39 is 5.82 Å². The first-order valence-corrected chi connectivity index (χ1v) is 8.27. The summed E-state index contributed by atoms with van der Waals surface area (Å²) in [6, 6.07) is 4.64. The number of aryl methyl sites for hydroxylation is 1. The fourth-order valence-electron chi connectivity index (χ4n) is 1.90. The van der Waals surface area contributed by atoms with Gasteiger partial charge in [0.25, 0.3) is 0 Å². The molecule has 2 aromatic rings. The number of rotatable bonds is 5. The Morgan fingerprint density at radius 3 is 2.74 bits per heavy atom. The smallest absolute Gasteiger partial charge is 0.242 e. The van der Waals surface area contributed by atoms with Crippen LogP contribution in [0.2, 0.25) is 5.02 Å². The van der Waals surface area contributed by atoms with E-state index in [0.29, 0.717) is 11.0 Å². The normalized spacial score (nSPS) is 12.3. The lowest BCUT2D eigenvalue weighted by molar-refractivity contribution is -0.129. The van der Waals surface area contributed by atoms with Gasteiger partial charge in [-0.3, -0.25) is 9.36 Å². The number of thioether (sulfide) groups is 1. The van der Waals surface area contributed by atoms with Gasteiger partial charge >= 0.3 is 0 Å². The lowest BCUT2D eigenvalue weighted by atomic mass is 10.2. The molecule has 1 amide bonds. The van der Waals surface area contributed by atoms with E-state index in [1.807, 2.05) is 6.92 Å². The van der Waals surface area contributed by atoms with Gasteiger partial charge in [-0.25, -0.2) is 4.39 Å². The van der Waals surface area contributed by atoms with Crippen LogP contribution < -0.4 is 0 Å². The van der Waals surface area contributed by atoms with E-state index in [0.717, 1.165) is 5.56 Å². The van der Waals surface area contributed by atoms with Gasteiger partial charge in [0.15, 0.2) is 5.16 Å². The van der Waals surface area contributed by atoms with Crippen LogP contribution in [0.1, 0.15) is 23.6 Å². The molecule has 0 saturated carbocycles. The van der Waals surface area contributed by atoms with Crippen molar-refractivity contribution in [1.82, 2.24) is 19.7 Å². The van der Waals surface area contributed by atoms with Gasteiger partial charge in [-0.1, -0.05) is 29.4 Å². The minimum atomic E-state index is -0.441. The van der Waals surface area contributed by atoms with Crippen LogP contribution in [-0.2, 0) is 11.3 Å². The number of carbonyl (C=O) groups excluding carboxylic acids is 1. The number of amides is 1. The number of likely N-dealkylation sites (N-methyl/N-ethyl adjacent to an activating group) is 1. The monoisotopic (exact) mass is 356 g/mol. The molecule has 0 N–H and O–H groups in total. The average molecular weight is 357 g/mol. The quantitative estimate of drug-likeness (QED) is 0.771. The highest BCUT2D eigenvalue weighted by Crippen LogP contribution is 2.35. The number of carbonyl (C=O) groups is 1. The summed E-state index contributed by atoms with van der Waals surface area (Å²) in [6.45, 7) is 3.96. The molecule has 2 rings (SSSR count). The van der Waals surface area contributed by atoms with Crippen molar-refractivity contribution in [2.24, 2.45) is 0 Å². The summed E-state index contributed by atoms with van der Waals surface area (Å²) < 4.78 is 15.0. The van der Waals surface area contributed by atoms with E-state index >= 15 is 0 Å². The van der Waals surface area contributed by atoms with Crippen molar-refractivity contribution in [2.75, 3.05) is 14.1 Å². The van der Waals surface area contributed by atoms with E-state index in [1.54, 1.807) is 37.7 Å². The molecule has 0 saturated heterocycles. The first kappa shape index (κ1) is 17.7. The first-order chi connectivity index (χ1) is 10.8. The van der Waals surface area contributed by atoms with Crippen molar-refractivity contribution in [3.05, 3.63) is 40.4 Å². The number of nitrogens with zero attached hydrogens (tertiary/aromatic N) is 4. The van der Waals surface area contributed by atoms with Gasteiger partial charge in [0.05, 0.1) is 5.02 Å². The number of hydrogen-bond donors (Lipinski definition) is 0. The van der Waals surface area contributed by atoms with Gasteiger partial charge in [0.1, 0.15) is 18.2 Å². The van der Waals surface area contributed by atoms with Crippen LogP contribution in [0, 0.1) is 12.7 Å². The maximum atomic E-state index is 13.3. The molecule has 0 fully saturated rings. The summed E-state index contributed by atoms with van der Waals surface area (Å²) in [6.07, 6.45) is 0. The number of aromatic nitrogens is 3. The minimum Gasteiger partial charge on any atom is -0.347 e. The second-order valence-corrected chi connectivity index (χ2v) is 7.05. The molecule has 8 heteroatoms. The van der Waals surface area contributed by atoms with Gasteiger partial charge in [-0.2, -0.15) is 0 Å². The third kappa shape index (κ3) is 4.23. The predicted octanol–water partition coefficient (Wildman–Crippen LogP) is 3.32. The highest BCUT2D eigenvalue weighted by atomic mass is 35.5. The Bertz CT molecular complexity index is 719. The molecule has 1 aromatic carbocycles. The van der Waals surface area contributed by atoms with Crippen molar-refractivity contribution in [2.45, 2.75) is 30.8 Å². The molecule has 23 heavy (non-hydrogen) atoms. The maximum Gasteiger partial charge on any atom is 0.242 e. The number of benzene rings is 1. The van der Waals surface area contributed by atoms with Crippen LogP contribution in [0.25, 0.3) is 0 Å². The molecule has 0 radical (unpaired) electrons. The molecular weight excluding hydrogens is 339 g/mol. The van der Waals surface area contributed by atoms with Crippen LogP contribution in [0.4, 0.5) is 4.39 Å². The zero-order chi connectivity index (χ0) is 17.1. The molecule has 0 unspecified atom stereocenters. The van der Waals surface area contributed by atoms with Crippen molar-refractivity contribution in [1.29, 1.82) is 0 Å².